The highest BCUT2D eigenvalue weighted by atomic mass is 32.1. The number of hydrogen-bond donors (Lipinski definition) is 1. The van der Waals surface area contributed by atoms with Gasteiger partial charge in [-0.05, 0) is 81.1 Å². The van der Waals surface area contributed by atoms with Crippen LogP contribution in [0.1, 0.15) is 45.7 Å². The number of ether oxygens (including phenoxy) is 3. The molecule has 7 heteroatoms. The zero-order valence-corrected chi connectivity index (χ0v) is 22.3. The summed E-state index contributed by atoms with van der Waals surface area (Å²) >= 11 is 1.68. The molecule has 1 atom stereocenters. The summed E-state index contributed by atoms with van der Waals surface area (Å²) in [7, 11) is 0. The molecule has 0 bridgehead atoms. The number of carbonyl (C=O) groups is 1. The highest BCUT2D eigenvalue weighted by Crippen LogP contribution is 2.27. The van der Waals surface area contributed by atoms with Gasteiger partial charge in [-0.25, -0.2) is 0 Å². The van der Waals surface area contributed by atoms with Crippen LogP contribution in [-0.2, 0) is 27.2 Å². The molecule has 3 aromatic rings. The van der Waals surface area contributed by atoms with Crippen LogP contribution < -0.4 is 10.5 Å². The molecule has 1 aromatic heterocycles. The highest BCUT2D eigenvalue weighted by Gasteiger charge is 2.26. The van der Waals surface area contributed by atoms with Crippen LogP contribution in [0.25, 0.3) is 10.1 Å². The number of fused-ring (bicyclic) bond motifs is 1. The van der Waals surface area contributed by atoms with Crippen molar-refractivity contribution < 1.29 is 19.0 Å². The van der Waals surface area contributed by atoms with Gasteiger partial charge in [-0.1, -0.05) is 30.3 Å². The average molecular weight is 499 g/mol. The minimum Gasteiger partial charge on any atom is -0.488 e. The van der Waals surface area contributed by atoms with E-state index < -0.39 is 12.3 Å². The first-order chi connectivity index (χ1) is 16.7. The second-order valence-electron chi connectivity index (χ2n) is 9.49. The molecule has 1 amide bonds. The number of carbonyl (C=O) groups excluding carboxylic acids is 1. The fourth-order valence-electron chi connectivity index (χ4n) is 3.92. The predicted octanol–water partition coefficient (Wildman–Crippen LogP) is 5.38. The standard InChI is InChI=1S/C28H38N2O4S/c1-6-32-26(33-7-2)18-30(17-21-19-35-25-11-9-8-10-23(21)25)27(31)24(29)16-20-12-14-22(15-13-20)34-28(3,4)5/h8-15,19,24,26H,6-7,16-18,29H2,1-5H3/t24-/m0/s1. The van der Waals surface area contributed by atoms with E-state index in [0.29, 0.717) is 32.7 Å². The van der Waals surface area contributed by atoms with Gasteiger partial charge in [-0.15, -0.1) is 11.3 Å². The second-order valence-corrected chi connectivity index (χ2v) is 10.4. The monoisotopic (exact) mass is 498 g/mol. The molecule has 2 N–H and O–H groups in total. The van der Waals surface area contributed by atoms with Crippen LogP contribution >= 0.6 is 11.3 Å². The van der Waals surface area contributed by atoms with Crippen molar-refractivity contribution >= 4 is 27.3 Å². The largest absolute Gasteiger partial charge is 0.488 e. The maximum atomic E-state index is 13.6. The molecule has 0 aliphatic heterocycles. The van der Waals surface area contributed by atoms with E-state index in [1.165, 1.54) is 4.70 Å². The number of nitrogens with zero attached hydrogens (tertiary/aromatic N) is 1. The van der Waals surface area contributed by atoms with Crippen LogP contribution in [-0.4, -0.2) is 48.5 Å². The smallest absolute Gasteiger partial charge is 0.240 e. The van der Waals surface area contributed by atoms with Gasteiger partial charge >= 0.3 is 0 Å². The van der Waals surface area contributed by atoms with Gasteiger partial charge in [0.05, 0.1) is 12.6 Å². The maximum Gasteiger partial charge on any atom is 0.240 e. The fraction of sp³-hybridized carbons (Fsp3) is 0.464. The van der Waals surface area contributed by atoms with Crippen molar-refractivity contribution in [1.82, 2.24) is 4.90 Å². The van der Waals surface area contributed by atoms with E-state index in [0.717, 1.165) is 22.3 Å². The molecule has 6 nitrogen and oxygen atoms in total. The summed E-state index contributed by atoms with van der Waals surface area (Å²) in [6.07, 6.45) is -0.0661. The van der Waals surface area contributed by atoms with E-state index in [9.17, 15) is 4.79 Å². The first-order valence-electron chi connectivity index (χ1n) is 12.2. The molecular weight excluding hydrogens is 460 g/mol. The summed E-state index contributed by atoms with van der Waals surface area (Å²) in [6.45, 7) is 11.6. The van der Waals surface area contributed by atoms with E-state index in [1.54, 1.807) is 16.2 Å². The van der Waals surface area contributed by atoms with E-state index in [1.807, 2.05) is 71.0 Å². The maximum absolute atomic E-state index is 13.6. The third kappa shape index (κ3) is 8.04. The Hall–Kier alpha value is -2.45. The number of benzene rings is 2. The molecule has 0 aliphatic carbocycles. The molecule has 0 spiro atoms. The van der Waals surface area contributed by atoms with Crippen molar-refractivity contribution in [2.75, 3.05) is 19.8 Å². The second kappa shape index (κ2) is 12.5. The van der Waals surface area contributed by atoms with Crippen LogP contribution in [0.2, 0.25) is 0 Å². The molecule has 0 radical (unpaired) electrons. The van der Waals surface area contributed by atoms with Gasteiger partial charge in [0.15, 0.2) is 6.29 Å². The van der Waals surface area contributed by atoms with E-state index in [4.69, 9.17) is 19.9 Å². The van der Waals surface area contributed by atoms with E-state index >= 15 is 0 Å². The molecule has 0 saturated heterocycles. The molecule has 190 valence electrons. The molecule has 0 aliphatic rings. The van der Waals surface area contributed by atoms with Gasteiger partial charge in [0.1, 0.15) is 11.4 Å². The molecular formula is C28H38N2O4S. The van der Waals surface area contributed by atoms with Crippen LogP contribution in [0.15, 0.2) is 53.9 Å². The lowest BCUT2D eigenvalue weighted by molar-refractivity contribution is -0.160. The Labute approximate surface area is 213 Å². The Morgan fingerprint density at radius 3 is 2.31 bits per heavy atom. The number of thiophene rings is 1. The van der Waals surface area contributed by atoms with Gasteiger partial charge in [0, 0.05) is 24.5 Å². The normalized spacial score (nSPS) is 12.8. The van der Waals surface area contributed by atoms with E-state index in [2.05, 4.69) is 17.5 Å². The number of amides is 1. The van der Waals surface area contributed by atoms with Gasteiger partial charge < -0.3 is 24.8 Å². The number of nitrogens with two attached hydrogens (primary N) is 1. The van der Waals surface area contributed by atoms with E-state index in [-0.39, 0.29) is 11.5 Å². The van der Waals surface area contributed by atoms with Crippen molar-refractivity contribution in [3.05, 3.63) is 65.0 Å². The lowest BCUT2D eigenvalue weighted by Gasteiger charge is -2.29. The lowest BCUT2D eigenvalue weighted by atomic mass is 10.0. The molecule has 2 aromatic carbocycles. The fourth-order valence-corrected chi connectivity index (χ4v) is 4.88. The zero-order chi connectivity index (χ0) is 25.4. The van der Waals surface area contributed by atoms with Crippen LogP contribution in [0.3, 0.4) is 0 Å². The minimum absolute atomic E-state index is 0.125. The Bertz CT molecular complexity index is 1070. The van der Waals surface area contributed by atoms with Crippen LogP contribution in [0.5, 0.6) is 5.75 Å². The summed E-state index contributed by atoms with van der Waals surface area (Å²) in [5, 5.41) is 3.27. The predicted molar refractivity (Wildman–Crippen MR) is 143 cm³/mol. The van der Waals surface area contributed by atoms with Gasteiger partial charge in [-0.3, -0.25) is 4.79 Å². The first kappa shape index (κ1) is 27.1. The summed E-state index contributed by atoms with van der Waals surface area (Å²) < 4.78 is 18.6. The third-order valence-corrected chi connectivity index (χ3v) is 6.44. The quantitative estimate of drug-likeness (QED) is 0.340. The summed E-state index contributed by atoms with van der Waals surface area (Å²) in [4.78, 5) is 15.3. The minimum atomic E-state index is -0.682. The zero-order valence-electron chi connectivity index (χ0n) is 21.5. The van der Waals surface area contributed by atoms with Gasteiger partial charge in [0.2, 0.25) is 5.91 Å². The number of rotatable bonds is 12. The Morgan fingerprint density at radius 2 is 1.69 bits per heavy atom. The van der Waals surface area contributed by atoms with Crippen molar-refractivity contribution in [1.29, 1.82) is 0 Å². The summed E-state index contributed by atoms with van der Waals surface area (Å²) in [6, 6.07) is 15.3. The van der Waals surface area contributed by atoms with Crippen molar-refractivity contribution in [3.63, 3.8) is 0 Å². The van der Waals surface area contributed by atoms with Crippen LogP contribution in [0.4, 0.5) is 0 Å². The molecule has 1 heterocycles. The van der Waals surface area contributed by atoms with Crippen LogP contribution in [0, 0.1) is 0 Å². The topological polar surface area (TPSA) is 74.0 Å². The number of hydrogen-bond acceptors (Lipinski definition) is 6. The average Bonchev–Trinajstić information content (AvgIpc) is 3.21. The highest BCUT2D eigenvalue weighted by molar-refractivity contribution is 7.17. The molecule has 35 heavy (non-hydrogen) atoms. The molecule has 0 unspecified atom stereocenters. The summed E-state index contributed by atoms with van der Waals surface area (Å²) in [5.41, 5.74) is 8.27. The first-order valence-corrected chi connectivity index (χ1v) is 13.1. The molecule has 0 saturated carbocycles. The molecule has 0 fully saturated rings. The van der Waals surface area contributed by atoms with Crippen molar-refractivity contribution in [2.24, 2.45) is 5.73 Å². The third-order valence-electron chi connectivity index (χ3n) is 5.43. The van der Waals surface area contributed by atoms with Crippen molar-refractivity contribution in [3.8, 4) is 5.75 Å². The SMILES string of the molecule is CCOC(CN(Cc1csc2ccccc12)C(=O)[C@@H](N)Cc1ccc(OC(C)(C)C)cc1)OCC. The Balaban J connectivity index is 1.76. The Kier molecular flexibility index (Phi) is 9.69. The lowest BCUT2D eigenvalue weighted by Crippen LogP contribution is -2.48. The van der Waals surface area contributed by atoms with Gasteiger partial charge in [0.25, 0.3) is 0 Å². The molecule has 3 rings (SSSR count). The Morgan fingerprint density at radius 1 is 1.03 bits per heavy atom. The van der Waals surface area contributed by atoms with Gasteiger partial charge in [-0.2, -0.15) is 0 Å². The van der Waals surface area contributed by atoms with Crippen molar-refractivity contribution in [2.45, 2.75) is 65.5 Å². The summed E-state index contributed by atoms with van der Waals surface area (Å²) in [5.74, 6) is 0.670.